The first-order valence-electron chi connectivity index (χ1n) is 9.22. The third-order valence-corrected chi connectivity index (χ3v) is 4.56. The molecule has 0 saturated heterocycles. The zero-order chi connectivity index (χ0) is 20.1. The normalized spacial score (nSPS) is 11.6. The van der Waals surface area contributed by atoms with Crippen LogP contribution < -0.4 is 14.8 Å². The van der Waals surface area contributed by atoms with Crippen molar-refractivity contribution >= 4 is 16.7 Å². The van der Waals surface area contributed by atoms with Crippen LogP contribution in [0.2, 0.25) is 0 Å². The van der Waals surface area contributed by atoms with Crippen LogP contribution in [0, 0.1) is 11.3 Å². The highest BCUT2D eigenvalue weighted by Crippen LogP contribution is 2.23. The maximum atomic E-state index is 9.55. The summed E-state index contributed by atoms with van der Waals surface area (Å²) in [6.07, 6.45) is 0. The number of rotatable bonds is 7. The first-order chi connectivity index (χ1) is 14.2. The summed E-state index contributed by atoms with van der Waals surface area (Å²) in [5.41, 5.74) is 3.62. The van der Waals surface area contributed by atoms with E-state index in [0.717, 1.165) is 39.6 Å². The van der Waals surface area contributed by atoms with E-state index in [2.05, 4.69) is 21.4 Å². The molecule has 4 rings (SSSR count). The first kappa shape index (κ1) is 18.4. The van der Waals surface area contributed by atoms with Crippen molar-refractivity contribution in [3.8, 4) is 17.6 Å². The van der Waals surface area contributed by atoms with Crippen molar-refractivity contribution in [1.82, 2.24) is 9.97 Å². The summed E-state index contributed by atoms with van der Waals surface area (Å²) in [4.78, 5) is 7.75. The summed E-state index contributed by atoms with van der Waals surface area (Å²) in [6.45, 7) is 0.347. The van der Waals surface area contributed by atoms with E-state index in [1.165, 1.54) is 0 Å². The van der Waals surface area contributed by atoms with Crippen molar-refractivity contribution in [2.24, 2.45) is 0 Å². The Morgan fingerprint density at radius 2 is 1.72 bits per heavy atom. The lowest BCUT2D eigenvalue weighted by molar-refractivity contribution is 0.297. The third kappa shape index (κ3) is 4.30. The van der Waals surface area contributed by atoms with Gasteiger partial charge in [-0.05, 0) is 54.1 Å². The topological polar surface area (TPSA) is 83.0 Å². The number of imidazole rings is 1. The van der Waals surface area contributed by atoms with Gasteiger partial charge in [0.1, 0.15) is 30.0 Å². The third-order valence-electron chi connectivity index (χ3n) is 4.56. The average molecular weight is 384 g/mol. The summed E-state index contributed by atoms with van der Waals surface area (Å²) >= 11 is 0. The minimum atomic E-state index is -0.465. The number of methoxy groups -OCH3 is 1. The Kier molecular flexibility index (Phi) is 5.30. The number of ether oxygens (including phenoxy) is 2. The fourth-order valence-corrected chi connectivity index (χ4v) is 3.03. The van der Waals surface area contributed by atoms with Gasteiger partial charge in [-0.2, -0.15) is 5.26 Å². The zero-order valence-corrected chi connectivity index (χ0v) is 15.9. The molecule has 3 aromatic carbocycles. The van der Waals surface area contributed by atoms with E-state index in [1.807, 2.05) is 72.8 Å². The van der Waals surface area contributed by atoms with Gasteiger partial charge in [-0.25, -0.2) is 4.98 Å². The molecule has 1 heterocycles. The Balaban J connectivity index is 1.39. The predicted octanol–water partition coefficient (Wildman–Crippen LogP) is 4.83. The number of benzene rings is 3. The van der Waals surface area contributed by atoms with Crippen LogP contribution in [0.5, 0.6) is 11.5 Å². The second-order valence-electron chi connectivity index (χ2n) is 6.49. The number of nitrogens with one attached hydrogen (secondary N) is 2. The second-order valence-corrected chi connectivity index (χ2v) is 6.49. The van der Waals surface area contributed by atoms with Gasteiger partial charge in [0.15, 0.2) is 0 Å². The van der Waals surface area contributed by atoms with Crippen molar-refractivity contribution in [2.45, 2.75) is 12.6 Å². The SMILES string of the molecule is COc1ccc(NC(C#N)c2ccc(OCc3nc4ccccc4[nH]3)cc2)cc1. The molecule has 0 aliphatic rings. The summed E-state index contributed by atoms with van der Waals surface area (Å²) in [5, 5.41) is 12.8. The van der Waals surface area contributed by atoms with Crippen LogP contribution in [0.25, 0.3) is 11.0 Å². The fraction of sp³-hybridized carbons (Fsp3) is 0.130. The largest absolute Gasteiger partial charge is 0.497 e. The minimum absolute atomic E-state index is 0.347. The van der Waals surface area contributed by atoms with Crippen LogP contribution in [0.3, 0.4) is 0 Å². The standard InChI is InChI=1S/C23H20N4O2/c1-28-18-12-8-17(9-13-18)25-22(14-24)16-6-10-19(11-7-16)29-15-23-26-20-4-2-3-5-21(20)27-23/h2-13,22,25H,15H2,1H3,(H,26,27). The Labute approximate surface area is 168 Å². The molecular formula is C23H20N4O2. The molecule has 1 atom stereocenters. The number of nitriles is 1. The molecule has 0 saturated carbocycles. The molecule has 0 fully saturated rings. The van der Waals surface area contributed by atoms with Crippen molar-refractivity contribution in [2.75, 3.05) is 12.4 Å². The van der Waals surface area contributed by atoms with Crippen molar-refractivity contribution in [3.63, 3.8) is 0 Å². The summed E-state index contributed by atoms with van der Waals surface area (Å²) in [7, 11) is 1.62. The van der Waals surface area contributed by atoms with Crippen LogP contribution >= 0.6 is 0 Å². The molecular weight excluding hydrogens is 364 g/mol. The number of anilines is 1. The molecule has 1 unspecified atom stereocenters. The maximum absolute atomic E-state index is 9.55. The molecule has 0 aliphatic carbocycles. The number of aromatic amines is 1. The number of para-hydroxylation sites is 2. The van der Waals surface area contributed by atoms with Gasteiger partial charge in [-0.3, -0.25) is 0 Å². The van der Waals surface area contributed by atoms with E-state index in [4.69, 9.17) is 9.47 Å². The number of hydrogen-bond donors (Lipinski definition) is 2. The van der Waals surface area contributed by atoms with E-state index in [-0.39, 0.29) is 0 Å². The highest BCUT2D eigenvalue weighted by atomic mass is 16.5. The van der Waals surface area contributed by atoms with Gasteiger partial charge < -0.3 is 19.8 Å². The van der Waals surface area contributed by atoms with E-state index in [9.17, 15) is 5.26 Å². The van der Waals surface area contributed by atoms with Crippen LogP contribution in [0.1, 0.15) is 17.4 Å². The average Bonchev–Trinajstić information content (AvgIpc) is 3.20. The number of aromatic nitrogens is 2. The smallest absolute Gasteiger partial charge is 0.146 e. The molecule has 29 heavy (non-hydrogen) atoms. The Bertz CT molecular complexity index is 1100. The van der Waals surface area contributed by atoms with Gasteiger partial charge in [0.05, 0.1) is 24.2 Å². The van der Waals surface area contributed by atoms with E-state index >= 15 is 0 Å². The van der Waals surface area contributed by atoms with Crippen molar-refractivity contribution in [1.29, 1.82) is 5.26 Å². The van der Waals surface area contributed by atoms with Crippen LogP contribution in [0.15, 0.2) is 72.8 Å². The van der Waals surface area contributed by atoms with E-state index in [1.54, 1.807) is 7.11 Å². The molecule has 6 heteroatoms. The molecule has 0 aliphatic heterocycles. The van der Waals surface area contributed by atoms with Gasteiger partial charge >= 0.3 is 0 Å². The maximum Gasteiger partial charge on any atom is 0.146 e. The lowest BCUT2D eigenvalue weighted by Gasteiger charge is -2.14. The van der Waals surface area contributed by atoms with Crippen LogP contribution in [-0.2, 0) is 6.61 Å². The summed E-state index contributed by atoms with van der Waals surface area (Å²) < 4.78 is 11.0. The van der Waals surface area contributed by atoms with Crippen LogP contribution in [0.4, 0.5) is 5.69 Å². The van der Waals surface area contributed by atoms with Gasteiger partial charge in [0, 0.05) is 5.69 Å². The van der Waals surface area contributed by atoms with Crippen molar-refractivity contribution < 1.29 is 9.47 Å². The molecule has 0 amide bonds. The lowest BCUT2D eigenvalue weighted by atomic mass is 10.1. The Hall–Kier alpha value is -3.98. The number of nitrogens with zero attached hydrogens (tertiary/aromatic N) is 2. The second kappa shape index (κ2) is 8.36. The van der Waals surface area contributed by atoms with Crippen molar-refractivity contribution in [3.05, 3.63) is 84.2 Å². The highest BCUT2D eigenvalue weighted by molar-refractivity contribution is 5.74. The Morgan fingerprint density at radius 3 is 2.41 bits per heavy atom. The monoisotopic (exact) mass is 384 g/mol. The molecule has 2 N–H and O–H groups in total. The van der Waals surface area contributed by atoms with Gasteiger partial charge in [-0.1, -0.05) is 24.3 Å². The summed E-state index contributed by atoms with van der Waals surface area (Å²) in [5.74, 6) is 2.26. The molecule has 0 bridgehead atoms. The molecule has 4 aromatic rings. The molecule has 6 nitrogen and oxygen atoms in total. The molecule has 144 valence electrons. The zero-order valence-electron chi connectivity index (χ0n) is 15.9. The molecule has 0 radical (unpaired) electrons. The van der Waals surface area contributed by atoms with Gasteiger partial charge in [0.2, 0.25) is 0 Å². The Morgan fingerprint density at radius 1 is 1.00 bits per heavy atom. The lowest BCUT2D eigenvalue weighted by Crippen LogP contribution is -2.08. The van der Waals surface area contributed by atoms with Crippen LogP contribution in [-0.4, -0.2) is 17.1 Å². The predicted molar refractivity (Wildman–Crippen MR) is 112 cm³/mol. The fourth-order valence-electron chi connectivity index (χ4n) is 3.03. The first-order valence-corrected chi connectivity index (χ1v) is 9.22. The number of hydrogen-bond acceptors (Lipinski definition) is 5. The minimum Gasteiger partial charge on any atom is -0.497 e. The van der Waals surface area contributed by atoms with Gasteiger partial charge in [-0.15, -0.1) is 0 Å². The quantitative estimate of drug-likeness (QED) is 0.477. The molecule has 1 aromatic heterocycles. The summed E-state index contributed by atoms with van der Waals surface area (Å²) in [6, 6.07) is 24.7. The highest BCUT2D eigenvalue weighted by Gasteiger charge is 2.11. The van der Waals surface area contributed by atoms with E-state index in [0.29, 0.717) is 6.61 Å². The number of fused-ring (bicyclic) bond motifs is 1. The molecule has 0 spiro atoms. The number of H-pyrrole nitrogens is 1. The van der Waals surface area contributed by atoms with Gasteiger partial charge in [0.25, 0.3) is 0 Å². The van der Waals surface area contributed by atoms with E-state index < -0.39 is 6.04 Å².